The van der Waals surface area contributed by atoms with Crippen LogP contribution in [0, 0.1) is 0 Å². The van der Waals surface area contributed by atoms with Gasteiger partial charge in [-0.2, -0.15) is 0 Å². The average Bonchev–Trinajstić information content (AvgIpc) is 3.88. The molecule has 0 atom stereocenters. The molecule has 2 aromatic heterocycles. The first-order valence-corrected chi connectivity index (χ1v) is 22.2. The maximum absolute atomic E-state index is 2.45. The summed E-state index contributed by atoms with van der Waals surface area (Å²) in [4.78, 5) is 4.75. The highest BCUT2D eigenvalue weighted by molar-refractivity contribution is 6.10. The van der Waals surface area contributed by atoms with Crippen molar-refractivity contribution in [2.75, 3.05) is 9.80 Å². The van der Waals surface area contributed by atoms with Crippen LogP contribution < -0.4 is 9.80 Å². The van der Waals surface area contributed by atoms with Gasteiger partial charge >= 0.3 is 0 Å². The van der Waals surface area contributed by atoms with Crippen molar-refractivity contribution in [2.24, 2.45) is 0 Å². The maximum Gasteiger partial charge on any atom is 0.0542 e. The van der Waals surface area contributed by atoms with Gasteiger partial charge in [0.05, 0.1) is 16.6 Å². The first-order valence-electron chi connectivity index (χ1n) is 22.2. The van der Waals surface area contributed by atoms with Gasteiger partial charge in [0.25, 0.3) is 0 Å². The number of para-hydroxylation sites is 5. The molecule has 1 aliphatic carbocycles. The third-order valence-corrected chi connectivity index (χ3v) is 12.7. The Morgan fingerprint density at radius 3 is 1.48 bits per heavy atom. The smallest absolute Gasteiger partial charge is 0.0542 e. The third-order valence-electron chi connectivity index (χ3n) is 12.7. The van der Waals surface area contributed by atoms with Crippen LogP contribution in [0.1, 0.15) is 17.7 Å². The number of hydrogen-bond donors (Lipinski definition) is 0. The van der Waals surface area contributed by atoms with Gasteiger partial charge in [-0.3, -0.25) is 0 Å². The largest absolute Gasteiger partial charge is 0.313 e. The Bertz CT molecular complexity index is 3480. The van der Waals surface area contributed by atoms with Crippen LogP contribution in [0.3, 0.4) is 0 Å². The van der Waals surface area contributed by atoms with Gasteiger partial charge in [0.1, 0.15) is 0 Å². The Kier molecular flexibility index (Phi) is 9.27. The van der Waals surface area contributed by atoms with Crippen molar-refractivity contribution < 1.29 is 0 Å². The van der Waals surface area contributed by atoms with Gasteiger partial charge in [-0.05, 0) is 139 Å². The quantitative estimate of drug-likeness (QED) is 0.144. The van der Waals surface area contributed by atoms with E-state index in [1.807, 2.05) is 0 Å². The zero-order valence-electron chi connectivity index (χ0n) is 35.3. The molecule has 1 aliphatic rings. The van der Waals surface area contributed by atoms with Crippen molar-refractivity contribution in [3.8, 4) is 22.5 Å². The Hall–Kier alpha value is -8.34. The highest BCUT2D eigenvalue weighted by Crippen LogP contribution is 2.43. The first-order chi connectivity index (χ1) is 31.8. The van der Waals surface area contributed by atoms with Gasteiger partial charge in [0, 0.05) is 72.9 Å². The number of nitrogens with zero attached hydrogens (tertiary/aromatic N) is 4. The van der Waals surface area contributed by atoms with Crippen molar-refractivity contribution in [1.29, 1.82) is 0 Å². The van der Waals surface area contributed by atoms with Gasteiger partial charge < -0.3 is 18.9 Å². The predicted octanol–water partition coefficient (Wildman–Crippen LogP) is 16.3. The Balaban J connectivity index is 0.931. The second-order valence-electron chi connectivity index (χ2n) is 16.5. The maximum atomic E-state index is 2.45. The molecular weight excluding hydrogens is 777 g/mol. The molecule has 0 spiro atoms. The third kappa shape index (κ3) is 6.47. The molecule has 4 heteroatoms. The molecule has 0 fully saturated rings. The van der Waals surface area contributed by atoms with Crippen LogP contribution in [0.2, 0.25) is 0 Å². The van der Waals surface area contributed by atoms with E-state index >= 15 is 0 Å². The molecule has 11 aromatic rings. The van der Waals surface area contributed by atoms with E-state index < -0.39 is 0 Å². The number of rotatable bonds is 9. The number of benzene rings is 9. The lowest BCUT2D eigenvalue weighted by Crippen LogP contribution is -2.10. The summed E-state index contributed by atoms with van der Waals surface area (Å²) in [5.74, 6) is 0. The average molecular weight is 821 g/mol. The van der Waals surface area contributed by atoms with Gasteiger partial charge in [-0.15, -0.1) is 0 Å². The van der Waals surface area contributed by atoms with Crippen LogP contribution >= 0.6 is 0 Å². The fourth-order valence-corrected chi connectivity index (χ4v) is 9.85. The second kappa shape index (κ2) is 15.8. The molecule has 0 N–H and O–H groups in total. The van der Waals surface area contributed by atoms with Gasteiger partial charge in [0.15, 0.2) is 0 Å². The van der Waals surface area contributed by atoms with Crippen molar-refractivity contribution in [3.63, 3.8) is 0 Å². The summed E-state index contributed by atoms with van der Waals surface area (Å²) in [6.07, 6.45) is 6.71. The van der Waals surface area contributed by atoms with Crippen molar-refractivity contribution >= 4 is 72.9 Å². The zero-order valence-corrected chi connectivity index (χ0v) is 35.3. The summed E-state index contributed by atoms with van der Waals surface area (Å²) in [5, 5.41) is 3.72. The highest BCUT2D eigenvalue weighted by Gasteiger charge is 2.22. The lowest BCUT2D eigenvalue weighted by Gasteiger charge is -2.27. The van der Waals surface area contributed by atoms with Crippen molar-refractivity contribution in [2.45, 2.75) is 12.8 Å². The molecule has 0 amide bonds. The van der Waals surface area contributed by atoms with E-state index in [0.717, 1.165) is 63.8 Å². The predicted molar refractivity (Wildman–Crippen MR) is 270 cm³/mol. The summed E-state index contributed by atoms with van der Waals surface area (Å²) in [6, 6.07) is 83.4. The minimum Gasteiger partial charge on any atom is -0.313 e. The fraction of sp³-hybridized carbons (Fsp3) is 0.0333. The molecule has 4 nitrogen and oxygen atoms in total. The lowest BCUT2D eigenvalue weighted by molar-refractivity contribution is 0.888. The lowest BCUT2D eigenvalue weighted by atomic mass is 10.0. The molecule has 0 aliphatic heterocycles. The second-order valence-corrected chi connectivity index (χ2v) is 16.5. The van der Waals surface area contributed by atoms with Gasteiger partial charge in [0.2, 0.25) is 0 Å². The molecule has 9 aromatic carbocycles. The van der Waals surface area contributed by atoms with Crippen LogP contribution in [0.25, 0.3) is 61.3 Å². The molecule has 0 saturated heterocycles. The Morgan fingerprint density at radius 1 is 0.328 bits per heavy atom. The summed E-state index contributed by atoms with van der Waals surface area (Å²) >= 11 is 0. The molecule has 0 saturated carbocycles. The van der Waals surface area contributed by atoms with E-state index in [4.69, 9.17) is 0 Å². The van der Waals surface area contributed by atoms with Gasteiger partial charge in [-0.1, -0.05) is 127 Å². The molecule has 0 unspecified atom stereocenters. The molecule has 304 valence electrons. The molecule has 2 heterocycles. The number of anilines is 6. The van der Waals surface area contributed by atoms with Crippen LogP contribution in [0.15, 0.2) is 237 Å². The van der Waals surface area contributed by atoms with Gasteiger partial charge in [-0.25, -0.2) is 0 Å². The van der Waals surface area contributed by atoms with E-state index in [2.05, 4.69) is 262 Å². The van der Waals surface area contributed by atoms with E-state index in [9.17, 15) is 0 Å². The Morgan fingerprint density at radius 2 is 0.812 bits per heavy atom. The van der Waals surface area contributed by atoms with Crippen molar-refractivity contribution in [3.05, 3.63) is 248 Å². The fourth-order valence-electron chi connectivity index (χ4n) is 9.85. The van der Waals surface area contributed by atoms with Crippen LogP contribution in [-0.2, 0) is 6.42 Å². The van der Waals surface area contributed by atoms with Crippen LogP contribution in [-0.4, -0.2) is 9.13 Å². The summed E-state index contributed by atoms with van der Waals surface area (Å²) in [7, 11) is 0. The van der Waals surface area contributed by atoms with Crippen LogP contribution in [0.5, 0.6) is 0 Å². The topological polar surface area (TPSA) is 16.3 Å². The van der Waals surface area contributed by atoms with Crippen molar-refractivity contribution in [1.82, 2.24) is 9.13 Å². The van der Waals surface area contributed by atoms with E-state index in [-0.39, 0.29) is 0 Å². The van der Waals surface area contributed by atoms with E-state index in [1.165, 1.54) is 49.7 Å². The number of fused-ring (bicyclic) bond motifs is 6. The number of aromatic nitrogens is 2. The first kappa shape index (κ1) is 37.4. The summed E-state index contributed by atoms with van der Waals surface area (Å²) in [5.41, 5.74) is 17.6. The number of allylic oxidation sites excluding steroid dienone is 1. The minimum atomic E-state index is 1.02. The monoisotopic (exact) mass is 820 g/mol. The Labute approximate surface area is 373 Å². The molecule has 12 rings (SSSR count). The van der Waals surface area contributed by atoms with E-state index in [0.29, 0.717) is 0 Å². The zero-order chi connectivity index (χ0) is 42.4. The standard InChI is InChI=1S/C60H44N4/c1-5-19-45(20-6-1)61(51-36-38-59-55(41-51)53-28-13-15-30-57(53)63(59)47-23-9-3-10-24-47)49-34-32-43(33-35-49)44-18-17-27-50(40-44)62(46-21-7-2-8-22-46)52-37-39-60-56(42-52)54-29-14-16-31-58(54)64(60)48-25-11-4-12-26-48/h1-14,16-29,31-42H,15,30H2. The highest BCUT2D eigenvalue weighted by atomic mass is 15.1. The van der Waals surface area contributed by atoms with E-state index in [1.54, 1.807) is 0 Å². The SMILES string of the molecule is C1=Cc2c(n(-c3ccccc3)c3ccc(N(c4ccccc4)c4ccc(-c5cccc(N(c6ccccc6)c6ccc7c(c6)c6ccccc6n7-c6ccccc6)c5)cc4)cc23)CC1. The number of hydrogen-bond acceptors (Lipinski definition) is 2. The minimum absolute atomic E-state index is 1.02. The molecule has 0 radical (unpaired) electrons. The normalized spacial score (nSPS) is 12.2. The molecule has 0 bridgehead atoms. The summed E-state index contributed by atoms with van der Waals surface area (Å²) in [6.45, 7) is 0. The summed E-state index contributed by atoms with van der Waals surface area (Å²) < 4.78 is 4.82. The molecular formula is C60H44N4. The molecule has 64 heavy (non-hydrogen) atoms. The van der Waals surface area contributed by atoms with Crippen LogP contribution in [0.4, 0.5) is 34.1 Å².